The summed E-state index contributed by atoms with van der Waals surface area (Å²) in [5.74, 6) is 0. The molecule has 0 saturated carbocycles. The maximum Gasteiger partial charge on any atom is 0.115 e. The van der Waals surface area contributed by atoms with Gasteiger partial charge in [0.1, 0.15) is 61.0 Å². The molecule has 12 N–H and O–H groups in total. The minimum Gasteiger partial charge on any atom is -0.394 e. The maximum absolute atomic E-state index is 10.9. The quantitative estimate of drug-likeness (QED) is 0.0366. The van der Waals surface area contributed by atoms with Crippen LogP contribution in [0.3, 0.4) is 0 Å². The Morgan fingerprint density at radius 2 is 1.15 bits per heavy atom. The molecule has 296 valence electrons. The van der Waals surface area contributed by atoms with Crippen molar-refractivity contribution in [3.05, 3.63) is 85.6 Å². The molecular weight excluding hydrogens is 680 g/mol. The second-order valence-electron chi connectivity index (χ2n) is 13.3. The van der Waals surface area contributed by atoms with Crippen LogP contribution in [-0.4, -0.2) is 159 Å². The van der Waals surface area contributed by atoms with Gasteiger partial charge in [0.25, 0.3) is 0 Å². The third-order valence-electron chi connectivity index (χ3n) is 9.20. The van der Waals surface area contributed by atoms with Gasteiger partial charge in [-0.05, 0) is 44.1 Å². The van der Waals surface area contributed by atoms with Crippen molar-refractivity contribution in [1.29, 1.82) is 0 Å². The average molecular weight is 741 g/mol. The lowest BCUT2D eigenvalue weighted by molar-refractivity contribution is -0.234. The van der Waals surface area contributed by atoms with Crippen molar-refractivity contribution < 1.29 is 70.8 Å². The summed E-state index contributed by atoms with van der Waals surface area (Å²) in [5.41, 5.74) is 0.0492. The van der Waals surface area contributed by atoms with Crippen LogP contribution in [0.25, 0.3) is 0 Å². The molecule has 0 aromatic heterocycles. The van der Waals surface area contributed by atoms with E-state index in [0.29, 0.717) is 12.8 Å². The van der Waals surface area contributed by atoms with E-state index in [-0.39, 0.29) is 31.3 Å². The third-order valence-corrected chi connectivity index (χ3v) is 9.20. The van der Waals surface area contributed by atoms with Gasteiger partial charge in [0, 0.05) is 12.8 Å². The highest BCUT2D eigenvalue weighted by Crippen LogP contribution is 2.31. The fourth-order valence-electron chi connectivity index (χ4n) is 5.94. The molecule has 0 unspecified atom stereocenters. The lowest BCUT2D eigenvalue weighted by atomic mass is 9.87. The fourth-order valence-corrected chi connectivity index (χ4v) is 5.94. The second kappa shape index (κ2) is 24.1. The van der Waals surface area contributed by atoms with Crippen LogP contribution in [0.4, 0.5) is 0 Å². The maximum atomic E-state index is 10.9. The molecule has 2 fully saturated rings. The molecule has 2 saturated heterocycles. The molecule has 2 aliphatic rings. The molecule has 0 aromatic rings. The first-order valence-corrected chi connectivity index (χ1v) is 17.8. The molecule has 0 amide bonds. The zero-order chi connectivity index (χ0) is 38.8. The van der Waals surface area contributed by atoms with E-state index in [0.717, 1.165) is 12.8 Å². The molecule has 0 aliphatic carbocycles. The van der Waals surface area contributed by atoms with E-state index in [4.69, 9.17) is 14.6 Å². The molecule has 0 radical (unpaired) electrons. The molecule has 52 heavy (non-hydrogen) atoms. The van der Waals surface area contributed by atoms with Crippen LogP contribution in [0.2, 0.25) is 0 Å². The Balaban J connectivity index is 1.86. The number of aliphatic hydroxyl groups excluding tert-OH is 12. The van der Waals surface area contributed by atoms with Crippen LogP contribution in [0.5, 0.6) is 0 Å². The highest BCUT2D eigenvalue weighted by Gasteiger charge is 2.47. The van der Waals surface area contributed by atoms with Crippen molar-refractivity contribution in [2.24, 2.45) is 0 Å². The lowest BCUT2D eigenvalue weighted by Crippen LogP contribution is -2.59. The molecule has 0 aromatic carbocycles. The summed E-state index contributed by atoms with van der Waals surface area (Å²) < 4.78 is 11.2. The number of hydrogen-bond acceptors (Lipinski definition) is 14. The normalized spacial score (nSPS) is 31.7. The largest absolute Gasteiger partial charge is 0.394 e. The van der Waals surface area contributed by atoms with Gasteiger partial charge in [-0.25, -0.2) is 0 Å². The molecule has 2 heterocycles. The summed E-state index contributed by atoms with van der Waals surface area (Å²) in [7, 11) is 0. The first-order chi connectivity index (χ1) is 24.7. The summed E-state index contributed by atoms with van der Waals surface area (Å²) in [4.78, 5) is 0. The second-order valence-corrected chi connectivity index (χ2v) is 13.3. The van der Waals surface area contributed by atoms with Crippen LogP contribution in [0.15, 0.2) is 85.6 Å². The third kappa shape index (κ3) is 14.5. The lowest BCUT2D eigenvalue weighted by Gasteiger charge is -2.42. The van der Waals surface area contributed by atoms with Crippen molar-refractivity contribution in [2.75, 3.05) is 6.61 Å². The van der Waals surface area contributed by atoms with E-state index in [1.54, 1.807) is 12.2 Å². The van der Waals surface area contributed by atoms with Crippen LogP contribution >= 0.6 is 0 Å². The molecule has 14 heteroatoms. The number of ether oxygens (including phenoxy) is 2. The standard InChI is InChI=1S/C38H60O14/c1-3-4-5-6-7-8-9-10-11-12-13-14-15-16-17-25(41)32(46)37-34(48)27(43)21-30(52-37)36(50)31(45)23(2)18-19-24(40)29-20-26(42)33(47)38(51-29)35(49)28(44)22-39/h3-5,8-13,16-17,24-50H,1-2,6-7,14-15,18-22H2/b5-4+,9-8+,11-10+,13-12+,17-16+/t24-,25+,26+,27-,28+,29+,30-,31-,32+,33+,34-,35-,36+,37-,38-/m1/s1. The van der Waals surface area contributed by atoms with E-state index >= 15 is 0 Å². The Morgan fingerprint density at radius 1 is 0.654 bits per heavy atom. The number of allylic oxidation sites excluding steroid dienone is 10. The first-order valence-electron chi connectivity index (χ1n) is 17.8. The topological polar surface area (TPSA) is 261 Å². The Hall–Kier alpha value is -2.38. The molecule has 2 rings (SSSR count). The van der Waals surface area contributed by atoms with Gasteiger partial charge in [-0.3, -0.25) is 0 Å². The highest BCUT2D eigenvalue weighted by atomic mass is 16.6. The number of hydrogen-bond donors (Lipinski definition) is 12. The minimum atomic E-state index is -1.75. The Kier molecular flexibility index (Phi) is 21.2. The van der Waals surface area contributed by atoms with Gasteiger partial charge in [-0.2, -0.15) is 0 Å². The average Bonchev–Trinajstić information content (AvgIpc) is 3.14. The van der Waals surface area contributed by atoms with Crippen LogP contribution < -0.4 is 0 Å². The van der Waals surface area contributed by atoms with Gasteiger partial charge < -0.3 is 70.8 Å². The van der Waals surface area contributed by atoms with Gasteiger partial charge in [-0.1, -0.05) is 80.0 Å². The molecule has 0 bridgehead atoms. The SMILES string of the molecule is C=C/C=C/CC/C=C/C=C/C=C/CC/C=C/[C@H](O)[C@H](O)[C@H]1O[C@@H]([C@H](O)[C@H](O)C(=C)CC[C@@H](O)[C@@H]2C[C@H](O)[C@H](O)[C@H]([C@H](O)[C@@H](O)CO)O2)C[C@@H](O)[C@H]1O. The monoisotopic (exact) mass is 740 g/mol. The van der Waals surface area contributed by atoms with Crippen molar-refractivity contribution in [3.63, 3.8) is 0 Å². The Morgan fingerprint density at radius 3 is 1.71 bits per heavy atom. The van der Waals surface area contributed by atoms with E-state index in [9.17, 15) is 56.2 Å². The van der Waals surface area contributed by atoms with Gasteiger partial charge in [0.2, 0.25) is 0 Å². The first kappa shape index (κ1) is 45.8. The zero-order valence-electron chi connectivity index (χ0n) is 29.5. The van der Waals surface area contributed by atoms with Crippen molar-refractivity contribution in [2.45, 2.75) is 143 Å². The molecule has 15 atom stereocenters. The molecule has 14 nitrogen and oxygen atoms in total. The Bertz CT molecular complexity index is 1190. The van der Waals surface area contributed by atoms with Gasteiger partial charge >= 0.3 is 0 Å². The van der Waals surface area contributed by atoms with Gasteiger partial charge in [0.05, 0.1) is 37.1 Å². The van der Waals surface area contributed by atoms with Crippen LogP contribution in [0.1, 0.15) is 51.4 Å². The molecular formula is C38H60O14. The summed E-state index contributed by atoms with van der Waals surface area (Å²) in [6.45, 7) is 6.55. The zero-order valence-corrected chi connectivity index (χ0v) is 29.5. The predicted octanol–water partition coefficient (Wildman–Crippen LogP) is -0.873. The van der Waals surface area contributed by atoms with E-state index in [1.807, 2.05) is 42.5 Å². The number of aliphatic hydroxyl groups is 12. The summed E-state index contributed by atoms with van der Waals surface area (Å²) in [6, 6.07) is 0. The minimum absolute atomic E-state index is 0.0492. The van der Waals surface area contributed by atoms with E-state index in [2.05, 4.69) is 19.2 Å². The van der Waals surface area contributed by atoms with Crippen molar-refractivity contribution >= 4 is 0 Å². The van der Waals surface area contributed by atoms with E-state index in [1.165, 1.54) is 6.08 Å². The molecule has 2 aliphatic heterocycles. The van der Waals surface area contributed by atoms with E-state index < -0.39 is 98.2 Å². The predicted molar refractivity (Wildman–Crippen MR) is 192 cm³/mol. The van der Waals surface area contributed by atoms with Gasteiger partial charge in [-0.15, -0.1) is 0 Å². The fraction of sp³-hybridized carbons (Fsp3) is 0.632. The molecule has 0 spiro atoms. The number of rotatable bonds is 22. The highest BCUT2D eigenvalue weighted by molar-refractivity contribution is 5.12. The van der Waals surface area contributed by atoms with Crippen LogP contribution in [-0.2, 0) is 9.47 Å². The number of unbranched alkanes of at least 4 members (excludes halogenated alkanes) is 2. The smallest absolute Gasteiger partial charge is 0.115 e. The van der Waals surface area contributed by atoms with Crippen LogP contribution in [0, 0.1) is 0 Å². The van der Waals surface area contributed by atoms with Gasteiger partial charge in [0.15, 0.2) is 0 Å². The van der Waals surface area contributed by atoms with Crippen molar-refractivity contribution in [1.82, 2.24) is 0 Å². The summed E-state index contributed by atoms with van der Waals surface area (Å²) in [5, 5.41) is 124. The van der Waals surface area contributed by atoms with Crippen molar-refractivity contribution in [3.8, 4) is 0 Å². The Labute approximate surface area is 305 Å². The summed E-state index contributed by atoms with van der Waals surface area (Å²) >= 11 is 0. The summed E-state index contributed by atoms with van der Waals surface area (Å²) in [6.07, 6.45) is 0.0179.